The monoisotopic (exact) mass is 304 g/mol. The highest BCUT2D eigenvalue weighted by Gasteiger charge is 2.08. The number of sulfonamides is 1. The molecule has 0 bridgehead atoms. The van der Waals surface area contributed by atoms with E-state index in [2.05, 4.69) is 4.72 Å². The van der Waals surface area contributed by atoms with E-state index < -0.39 is 10.0 Å². The lowest BCUT2D eigenvalue weighted by atomic mass is 10.2. The molecule has 0 radical (unpaired) electrons. The second-order valence-electron chi connectivity index (χ2n) is 4.32. The lowest BCUT2D eigenvalue weighted by molar-refractivity contribution is 0.417. The number of ether oxygens (including phenoxy) is 1. The minimum Gasteiger partial charge on any atom is -0.495 e. The lowest BCUT2D eigenvalue weighted by Gasteiger charge is -2.08. The number of methoxy groups -OCH3 is 1. The number of hydrogen-bond donors (Lipinski definition) is 2. The molecule has 21 heavy (non-hydrogen) atoms. The van der Waals surface area contributed by atoms with Gasteiger partial charge in [-0.15, -0.1) is 0 Å². The summed E-state index contributed by atoms with van der Waals surface area (Å²) in [6, 6.07) is 13.9. The molecular weight excluding hydrogens is 288 g/mol. The maximum atomic E-state index is 12.0. The van der Waals surface area contributed by atoms with Gasteiger partial charge in [-0.3, -0.25) is 4.72 Å². The van der Waals surface area contributed by atoms with Gasteiger partial charge in [0.25, 0.3) is 10.0 Å². The van der Waals surface area contributed by atoms with Crippen LogP contribution in [0, 0.1) is 0 Å². The molecule has 5 nitrogen and oxygen atoms in total. The highest BCUT2D eigenvalue weighted by Crippen LogP contribution is 2.25. The fourth-order valence-corrected chi connectivity index (χ4v) is 2.57. The smallest absolute Gasteiger partial charge is 0.255 e. The first-order chi connectivity index (χ1) is 10.00. The summed E-state index contributed by atoms with van der Waals surface area (Å²) in [5.74, 6) is 0.419. The molecule has 6 heteroatoms. The van der Waals surface area contributed by atoms with E-state index in [0.717, 1.165) is 11.0 Å². The minimum atomic E-state index is -3.60. The van der Waals surface area contributed by atoms with Crippen LogP contribution in [-0.4, -0.2) is 15.5 Å². The van der Waals surface area contributed by atoms with Crippen LogP contribution in [0.2, 0.25) is 0 Å². The van der Waals surface area contributed by atoms with Crippen molar-refractivity contribution in [2.24, 2.45) is 0 Å². The quantitative estimate of drug-likeness (QED) is 0.832. The first kappa shape index (κ1) is 14.9. The molecule has 2 aromatic carbocycles. The first-order valence-corrected chi connectivity index (χ1v) is 7.74. The number of nitrogens with one attached hydrogen (secondary N) is 1. The van der Waals surface area contributed by atoms with Crippen molar-refractivity contribution in [3.63, 3.8) is 0 Å². The van der Waals surface area contributed by atoms with Gasteiger partial charge in [0.1, 0.15) is 5.75 Å². The summed E-state index contributed by atoms with van der Waals surface area (Å²) < 4.78 is 31.5. The molecular formula is C15H16N2O3S. The molecule has 0 saturated carbocycles. The van der Waals surface area contributed by atoms with Gasteiger partial charge in [0.05, 0.1) is 23.9 Å². The average Bonchev–Trinajstić information content (AvgIpc) is 2.48. The Labute approximate surface area is 124 Å². The lowest BCUT2D eigenvalue weighted by Crippen LogP contribution is -2.09. The van der Waals surface area contributed by atoms with Crippen molar-refractivity contribution in [1.82, 2.24) is 0 Å². The van der Waals surface area contributed by atoms with Crippen LogP contribution in [0.4, 0.5) is 11.4 Å². The number of nitrogens with two attached hydrogens (primary N) is 1. The van der Waals surface area contributed by atoms with E-state index in [4.69, 9.17) is 10.5 Å². The van der Waals surface area contributed by atoms with Crippen LogP contribution < -0.4 is 15.2 Å². The summed E-state index contributed by atoms with van der Waals surface area (Å²) >= 11 is 0. The molecule has 0 atom stereocenters. The van der Waals surface area contributed by atoms with E-state index >= 15 is 0 Å². The van der Waals surface area contributed by atoms with Crippen LogP contribution in [0.5, 0.6) is 5.75 Å². The molecule has 110 valence electrons. The molecule has 0 amide bonds. The van der Waals surface area contributed by atoms with Gasteiger partial charge in [-0.1, -0.05) is 30.3 Å². The molecule has 0 fully saturated rings. The third-order valence-electron chi connectivity index (χ3n) is 2.73. The molecule has 0 unspecified atom stereocenters. The molecule has 0 aliphatic heterocycles. The van der Waals surface area contributed by atoms with Gasteiger partial charge < -0.3 is 10.5 Å². The van der Waals surface area contributed by atoms with E-state index in [9.17, 15) is 8.42 Å². The molecule has 3 N–H and O–H groups in total. The Kier molecular flexibility index (Phi) is 4.49. The third kappa shape index (κ3) is 4.25. The molecule has 0 saturated heterocycles. The van der Waals surface area contributed by atoms with Gasteiger partial charge in [-0.2, -0.15) is 0 Å². The van der Waals surface area contributed by atoms with Gasteiger partial charge in [0, 0.05) is 6.07 Å². The first-order valence-electron chi connectivity index (χ1n) is 6.19. The number of hydrogen-bond acceptors (Lipinski definition) is 4. The largest absolute Gasteiger partial charge is 0.495 e. The van der Waals surface area contributed by atoms with Crippen molar-refractivity contribution in [3.05, 3.63) is 59.5 Å². The minimum absolute atomic E-state index is 0.388. The molecule has 0 aliphatic carbocycles. The topological polar surface area (TPSA) is 81.4 Å². The Morgan fingerprint density at radius 3 is 2.52 bits per heavy atom. The number of rotatable bonds is 5. The predicted octanol–water partition coefficient (Wildman–Crippen LogP) is 2.69. The number of anilines is 2. The van der Waals surface area contributed by atoms with Crippen molar-refractivity contribution < 1.29 is 13.2 Å². The van der Waals surface area contributed by atoms with Gasteiger partial charge in [0.2, 0.25) is 0 Å². The second kappa shape index (κ2) is 6.32. The van der Waals surface area contributed by atoms with Crippen molar-refractivity contribution in [1.29, 1.82) is 0 Å². The normalized spacial score (nSPS) is 11.5. The predicted molar refractivity (Wildman–Crippen MR) is 85.4 cm³/mol. The Morgan fingerprint density at radius 2 is 1.86 bits per heavy atom. The molecule has 2 aromatic rings. The van der Waals surface area contributed by atoms with Crippen LogP contribution in [-0.2, 0) is 10.0 Å². The highest BCUT2D eigenvalue weighted by atomic mass is 32.2. The Morgan fingerprint density at radius 1 is 1.14 bits per heavy atom. The summed E-state index contributed by atoms with van der Waals surface area (Å²) in [6.45, 7) is 0. The third-order valence-corrected chi connectivity index (χ3v) is 3.75. The van der Waals surface area contributed by atoms with E-state index in [1.165, 1.54) is 19.3 Å². The van der Waals surface area contributed by atoms with Gasteiger partial charge in [-0.05, 0) is 23.8 Å². The molecule has 2 rings (SSSR count). The molecule has 0 aliphatic rings. The van der Waals surface area contributed by atoms with E-state index in [-0.39, 0.29) is 0 Å². The summed E-state index contributed by atoms with van der Waals surface area (Å²) in [4.78, 5) is 0. The van der Waals surface area contributed by atoms with Gasteiger partial charge in [0.15, 0.2) is 0 Å². The fraction of sp³-hybridized carbons (Fsp3) is 0.0667. The van der Waals surface area contributed by atoms with Crippen LogP contribution >= 0.6 is 0 Å². The SMILES string of the molecule is COc1cc(NS(=O)(=O)/C=C/c2ccccc2)ccc1N. The van der Waals surface area contributed by atoms with E-state index in [1.807, 2.05) is 30.3 Å². The molecule has 0 spiro atoms. The van der Waals surface area contributed by atoms with Crippen molar-refractivity contribution in [2.75, 3.05) is 17.6 Å². The van der Waals surface area contributed by atoms with Crippen molar-refractivity contribution in [3.8, 4) is 5.75 Å². The summed E-state index contributed by atoms with van der Waals surface area (Å²) in [7, 11) is -2.13. The van der Waals surface area contributed by atoms with Crippen molar-refractivity contribution >= 4 is 27.5 Å². The molecule has 0 heterocycles. The van der Waals surface area contributed by atoms with Crippen LogP contribution in [0.3, 0.4) is 0 Å². The fourth-order valence-electron chi connectivity index (χ4n) is 1.71. The zero-order chi connectivity index (χ0) is 15.3. The number of benzene rings is 2. The van der Waals surface area contributed by atoms with Crippen LogP contribution in [0.15, 0.2) is 53.9 Å². The second-order valence-corrected chi connectivity index (χ2v) is 5.88. The van der Waals surface area contributed by atoms with Gasteiger partial charge >= 0.3 is 0 Å². The van der Waals surface area contributed by atoms with Gasteiger partial charge in [-0.25, -0.2) is 8.42 Å². The highest BCUT2D eigenvalue weighted by molar-refractivity contribution is 7.95. The number of nitrogen functional groups attached to an aromatic ring is 1. The van der Waals surface area contributed by atoms with Crippen molar-refractivity contribution in [2.45, 2.75) is 0 Å². The summed E-state index contributed by atoms with van der Waals surface area (Å²) in [5, 5.41) is 1.12. The average molecular weight is 304 g/mol. The summed E-state index contributed by atoms with van der Waals surface area (Å²) in [5.41, 5.74) is 7.32. The standard InChI is InChI=1S/C15H16N2O3S/c1-20-15-11-13(7-8-14(15)16)17-21(18,19)10-9-12-5-3-2-4-6-12/h2-11,17H,16H2,1H3/b10-9+. The molecule has 0 aromatic heterocycles. The summed E-state index contributed by atoms with van der Waals surface area (Å²) in [6.07, 6.45) is 1.52. The maximum absolute atomic E-state index is 12.0. The Balaban J connectivity index is 2.16. The maximum Gasteiger partial charge on any atom is 0.255 e. The Bertz CT molecular complexity index is 741. The zero-order valence-corrected chi connectivity index (χ0v) is 12.3. The van der Waals surface area contributed by atoms with Crippen LogP contribution in [0.25, 0.3) is 6.08 Å². The van der Waals surface area contributed by atoms with Crippen LogP contribution in [0.1, 0.15) is 5.56 Å². The van der Waals surface area contributed by atoms with E-state index in [0.29, 0.717) is 17.1 Å². The zero-order valence-electron chi connectivity index (χ0n) is 11.5. The van der Waals surface area contributed by atoms with E-state index in [1.54, 1.807) is 12.1 Å². The Hall–Kier alpha value is -2.47.